The number of methoxy groups -OCH3 is 1. The van der Waals surface area contributed by atoms with E-state index in [9.17, 15) is 29.2 Å². The Hall–Kier alpha value is -3.33. The Morgan fingerprint density at radius 2 is 2.00 bits per heavy atom. The number of nitrogens with two attached hydrogens (primary N) is 1. The summed E-state index contributed by atoms with van der Waals surface area (Å²) in [6.45, 7) is -1.97. The molecule has 2 unspecified atom stereocenters. The monoisotopic (exact) mass is 688 g/mol. The normalized spacial score (nSPS) is 27.7. The van der Waals surface area contributed by atoms with E-state index in [1.165, 1.54) is 30.4 Å². The molecule has 2 aliphatic heterocycles. The maximum atomic E-state index is 14.3. The minimum atomic E-state index is -4.52. The molecule has 19 nitrogen and oxygen atoms in total. The van der Waals surface area contributed by atoms with E-state index in [1.54, 1.807) is 19.9 Å². The third-order valence-electron chi connectivity index (χ3n) is 6.92. The number of hydrogen-bond acceptors (Lipinski definition) is 17. The lowest BCUT2D eigenvalue weighted by Crippen LogP contribution is -2.40. The molecule has 8 atom stereocenters. The molecule has 2 saturated heterocycles. The number of aliphatic hydroxyl groups excluding tert-OH is 2. The van der Waals surface area contributed by atoms with Crippen molar-refractivity contribution in [3.05, 3.63) is 51.7 Å². The van der Waals surface area contributed by atoms with Crippen LogP contribution in [0.25, 0.3) is 11.2 Å². The van der Waals surface area contributed by atoms with Crippen LogP contribution in [-0.2, 0) is 37.3 Å². The fourth-order valence-corrected chi connectivity index (χ4v) is 7.78. The van der Waals surface area contributed by atoms with Crippen molar-refractivity contribution >= 4 is 41.2 Å². The Labute approximate surface area is 264 Å². The average Bonchev–Trinajstić information content (AvgIpc) is 3.68. The van der Waals surface area contributed by atoms with Gasteiger partial charge in [-0.25, -0.2) is 24.1 Å². The maximum absolute atomic E-state index is 14.3. The molecule has 3 aromatic heterocycles. The van der Waals surface area contributed by atoms with Crippen LogP contribution in [0.2, 0.25) is 0 Å². The van der Waals surface area contributed by atoms with E-state index in [1.807, 2.05) is 0 Å². The van der Waals surface area contributed by atoms with Gasteiger partial charge in [0.2, 0.25) is 0 Å². The molecular weight excluding hydrogens is 655 g/mol. The number of ether oxygens (including phenoxy) is 5. The lowest BCUT2D eigenvalue weighted by Gasteiger charge is -2.28. The largest absolute Gasteiger partial charge is 0.509 e. The van der Waals surface area contributed by atoms with Crippen molar-refractivity contribution < 1.29 is 52.3 Å². The van der Waals surface area contributed by atoms with Gasteiger partial charge in [-0.1, -0.05) is 0 Å². The Bertz CT molecular complexity index is 1700. The van der Waals surface area contributed by atoms with Crippen molar-refractivity contribution in [1.82, 2.24) is 24.1 Å². The smallest absolute Gasteiger partial charge is 0.432 e. The molecule has 3 aromatic rings. The van der Waals surface area contributed by atoms with E-state index < -0.39 is 86.0 Å². The van der Waals surface area contributed by atoms with Crippen LogP contribution in [0.15, 0.2) is 40.4 Å². The fourth-order valence-electron chi connectivity index (χ4n) is 4.87. The highest BCUT2D eigenvalue weighted by atomic mass is 32.7. The summed E-state index contributed by atoms with van der Waals surface area (Å²) in [4.78, 5) is 46.7. The molecule has 2 fully saturated rings. The quantitative estimate of drug-likeness (QED) is 0.117. The molecule has 0 saturated carbocycles. The fraction of sp³-hybridized carbons (Fsp3) is 0.560. The highest BCUT2D eigenvalue weighted by Crippen LogP contribution is 2.64. The Kier molecular flexibility index (Phi) is 10.5. The topological polar surface area (TPSA) is 251 Å². The third-order valence-corrected chi connectivity index (χ3v) is 10.2. The van der Waals surface area contributed by atoms with Gasteiger partial charge in [-0.05, 0) is 19.9 Å². The predicted octanol–water partition coefficient (Wildman–Crippen LogP) is 0.837. The zero-order chi connectivity index (χ0) is 33.2. The van der Waals surface area contributed by atoms with Gasteiger partial charge in [-0.2, -0.15) is 0 Å². The first-order valence-electron chi connectivity index (χ1n) is 13.9. The van der Waals surface area contributed by atoms with Crippen molar-refractivity contribution in [2.24, 2.45) is 0 Å². The molecule has 5 rings (SSSR count). The number of aliphatic hydroxyl groups is 2. The molecule has 5 N–H and O–H groups in total. The number of rotatable bonds is 12. The van der Waals surface area contributed by atoms with Gasteiger partial charge < -0.3 is 39.6 Å². The number of pyridine rings is 1. The van der Waals surface area contributed by atoms with Crippen LogP contribution in [0.1, 0.15) is 32.7 Å². The van der Waals surface area contributed by atoms with Gasteiger partial charge in [-0.15, -0.1) is 0 Å². The van der Waals surface area contributed by atoms with Crippen LogP contribution in [0.3, 0.4) is 0 Å². The number of aromatic nitrogens is 5. The van der Waals surface area contributed by atoms with Crippen molar-refractivity contribution in [2.45, 2.75) is 69.5 Å². The van der Waals surface area contributed by atoms with E-state index >= 15 is 0 Å². The minimum Gasteiger partial charge on any atom is -0.432 e. The molecule has 0 bridgehead atoms. The van der Waals surface area contributed by atoms with Crippen LogP contribution < -0.4 is 17.0 Å². The van der Waals surface area contributed by atoms with E-state index in [0.717, 1.165) is 10.6 Å². The van der Waals surface area contributed by atoms with E-state index in [4.69, 9.17) is 38.5 Å². The van der Waals surface area contributed by atoms with Crippen molar-refractivity contribution in [2.75, 3.05) is 25.4 Å². The SMILES string of the molecule is CO[C@H]1C(O[P@@](=O)(O[C@H]2O[C@@H](n3cnc4c(N)ccnc43)CC2O)SCOC(=O)OC(C)C)[C@@H](CO)O[C@H]1n1ccc(=O)[nH]c1=O. The van der Waals surface area contributed by atoms with Crippen LogP contribution in [-0.4, -0.2) is 96.9 Å². The summed E-state index contributed by atoms with van der Waals surface area (Å²) in [5, 5.41) is 21.0. The van der Waals surface area contributed by atoms with Gasteiger partial charge in [-0.3, -0.25) is 28.0 Å². The number of nitrogen functional groups attached to an aromatic ring is 1. The van der Waals surface area contributed by atoms with Gasteiger partial charge in [0.15, 0.2) is 24.1 Å². The predicted molar refractivity (Wildman–Crippen MR) is 158 cm³/mol. The van der Waals surface area contributed by atoms with Crippen LogP contribution >= 0.6 is 18.2 Å². The summed E-state index contributed by atoms with van der Waals surface area (Å²) < 4.78 is 55.8. The lowest BCUT2D eigenvalue weighted by molar-refractivity contribution is -0.131. The number of carbonyl (C=O) groups excluding carboxylic acids is 1. The zero-order valence-corrected chi connectivity index (χ0v) is 26.4. The van der Waals surface area contributed by atoms with Gasteiger partial charge >= 0.3 is 18.6 Å². The van der Waals surface area contributed by atoms with E-state index in [2.05, 4.69) is 15.0 Å². The molecule has 0 amide bonds. The minimum absolute atomic E-state index is 0.0296. The van der Waals surface area contributed by atoms with Crippen LogP contribution in [0, 0.1) is 0 Å². The molecule has 2 aliphatic rings. The summed E-state index contributed by atoms with van der Waals surface area (Å²) in [5.74, 6) is -0.581. The van der Waals surface area contributed by atoms with Crippen molar-refractivity contribution in [1.29, 1.82) is 0 Å². The Morgan fingerprint density at radius 3 is 2.70 bits per heavy atom. The molecular formula is C25H33N6O13PS. The molecule has 252 valence electrons. The van der Waals surface area contributed by atoms with E-state index in [-0.39, 0.29) is 6.42 Å². The molecule has 0 aromatic carbocycles. The summed E-state index contributed by atoms with van der Waals surface area (Å²) >= 11 is 0.426. The number of imidazole rings is 1. The second-order valence-corrected chi connectivity index (χ2v) is 14.3. The number of nitrogens with zero attached hydrogens (tertiary/aromatic N) is 4. The molecule has 5 heterocycles. The van der Waals surface area contributed by atoms with E-state index in [0.29, 0.717) is 28.2 Å². The van der Waals surface area contributed by atoms with Crippen LogP contribution in [0.4, 0.5) is 10.5 Å². The highest BCUT2D eigenvalue weighted by Gasteiger charge is 2.52. The molecule has 46 heavy (non-hydrogen) atoms. The van der Waals surface area contributed by atoms with Gasteiger partial charge in [0.1, 0.15) is 36.2 Å². The first-order chi connectivity index (χ1) is 21.9. The first-order valence-corrected chi connectivity index (χ1v) is 17.0. The Balaban J connectivity index is 1.39. The number of carbonyl (C=O) groups is 1. The molecule has 0 aliphatic carbocycles. The first kappa shape index (κ1) is 34.0. The van der Waals surface area contributed by atoms with Gasteiger partial charge in [0.05, 0.1) is 24.7 Å². The van der Waals surface area contributed by atoms with Crippen molar-refractivity contribution in [3.63, 3.8) is 0 Å². The van der Waals surface area contributed by atoms with Crippen LogP contribution in [0.5, 0.6) is 0 Å². The number of fused-ring (bicyclic) bond motifs is 1. The second kappa shape index (κ2) is 14.2. The number of hydrogen-bond donors (Lipinski definition) is 4. The molecule has 0 spiro atoms. The summed E-state index contributed by atoms with van der Waals surface area (Å²) in [7, 11) is 1.27. The average molecular weight is 689 g/mol. The maximum Gasteiger partial charge on any atom is 0.509 e. The zero-order valence-electron chi connectivity index (χ0n) is 24.7. The number of H-pyrrole nitrogens is 1. The Morgan fingerprint density at radius 1 is 1.22 bits per heavy atom. The van der Waals surface area contributed by atoms with Gasteiger partial charge in [0, 0.05) is 43.4 Å². The summed E-state index contributed by atoms with van der Waals surface area (Å²) in [6, 6.07) is 2.66. The molecule has 21 heteroatoms. The van der Waals surface area contributed by atoms with Gasteiger partial charge in [0.25, 0.3) is 5.56 Å². The second-order valence-electron chi connectivity index (χ2n) is 10.4. The molecule has 0 radical (unpaired) electrons. The number of aromatic amines is 1. The summed E-state index contributed by atoms with van der Waals surface area (Å²) in [5.41, 5.74) is 5.67. The standard InChI is InChI=1S/C25H33N6O13PS/c1-12(2)40-25(36)39-11-46-45(37,43-19-15(9-32)41-22(20(19)38-3)30-7-5-16(34)29-24(30)35)44-23-14(33)8-17(42-23)31-10-28-18-13(26)4-6-27-21(18)31/h4-7,10,12,14-15,17,19-20,22-23,32-33H,8-9,11H2,1-3H3,(H2,26,27)(H,29,34,35)/t14?,15-,17-,19?,20+,22-,23-,45+/m1/s1. The third kappa shape index (κ3) is 7.29. The lowest BCUT2D eigenvalue weighted by atomic mass is 10.1. The number of anilines is 1. The van der Waals surface area contributed by atoms with Crippen molar-refractivity contribution in [3.8, 4) is 0 Å². The summed E-state index contributed by atoms with van der Waals surface area (Å²) in [6.07, 6.45) is -6.18. The number of nitrogens with one attached hydrogen (secondary N) is 1. The highest BCUT2D eigenvalue weighted by molar-refractivity contribution is 8.55.